The van der Waals surface area contributed by atoms with Crippen molar-refractivity contribution >= 4 is 22.3 Å². The first kappa shape index (κ1) is 31.0. The normalized spacial score (nSPS) is 19.4. The van der Waals surface area contributed by atoms with Gasteiger partial charge >= 0.3 is 0 Å². The zero-order valence-corrected chi connectivity index (χ0v) is 27.7. The second-order valence-corrected chi connectivity index (χ2v) is 12.9. The second-order valence-electron chi connectivity index (χ2n) is 12.9. The van der Waals surface area contributed by atoms with Crippen LogP contribution in [0.5, 0.6) is 0 Å². The van der Waals surface area contributed by atoms with Crippen LogP contribution in [-0.2, 0) is 0 Å². The third kappa shape index (κ3) is 6.48. The summed E-state index contributed by atoms with van der Waals surface area (Å²) in [5.41, 5.74) is 9.93. The second kappa shape index (κ2) is 13.6. The number of nitrogens with zero attached hydrogens (tertiary/aromatic N) is 2. The minimum absolute atomic E-state index is 0.132. The molecule has 2 nitrogen and oxygen atoms in total. The summed E-state index contributed by atoms with van der Waals surface area (Å²) in [5, 5.41) is 2.57. The van der Waals surface area contributed by atoms with Gasteiger partial charge in [-0.25, -0.2) is 9.98 Å². The molecule has 0 saturated carbocycles. The van der Waals surface area contributed by atoms with Gasteiger partial charge in [-0.15, -0.1) is 0 Å². The van der Waals surface area contributed by atoms with Gasteiger partial charge in [-0.2, -0.15) is 0 Å². The molecule has 2 unspecified atom stereocenters. The Balaban J connectivity index is 1.14. The molecule has 0 heterocycles. The number of allylic oxidation sites excluding steroid dienone is 7. The van der Waals surface area contributed by atoms with Crippen LogP contribution in [0.1, 0.15) is 43.7 Å². The molecule has 5 aromatic carbocycles. The molecule has 0 saturated heterocycles. The zero-order chi connectivity index (χ0) is 32.9. The molecule has 234 valence electrons. The monoisotopic (exact) mass is 620 g/mol. The molecule has 0 aliphatic heterocycles. The molecule has 2 heteroatoms. The summed E-state index contributed by atoms with van der Waals surface area (Å²) in [4.78, 5) is 10.1. The Hall–Kier alpha value is -5.60. The highest BCUT2D eigenvalue weighted by atomic mass is 14.9. The standard InChI is InChI=1S/C46H40N2/c1-33(47-45(40-17-9-5-10-18-40)48-34(2)46(3)31-13-6-14-32-46)35-21-25-38(26-22-35)41-29-30-42(44-20-12-11-19-43(41)44)39-27-23-37(24-28-39)36-15-7-4-8-16-36/h4-25,27-31,38H,1,26,32H2,2-3H3/b47-45-,48-34+. The zero-order valence-electron chi connectivity index (χ0n) is 27.7. The van der Waals surface area contributed by atoms with Gasteiger partial charge in [0.1, 0.15) is 0 Å². The lowest BCUT2D eigenvalue weighted by molar-refractivity contribution is 0.599. The number of hydrogen-bond acceptors (Lipinski definition) is 1. The predicted molar refractivity (Wildman–Crippen MR) is 206 cm³/mol. The lowest BCUT2D eigenvalue weighted by atomic mass is 9.80. The summed E-state index contributed by atoms with van der Waals surface area (Å²) in [6.45, 7) is 8.73. The van der Waals surface area contributed by atoms with Crippen molar-refractivity contribution in [3.63, 3.8) is 0 Å². The van der Waals surface area contributed by atoms with E-state index in [1.54, 1.807) is 0 Å². The van der Waals surface area contributed by atoms with Crippen LogP contribution in [0.4, 0.5) is 0 Å². The van der Waals surface area contributed by atoms with Crippen molar-refractivity contribution in [2.24, 2.45) is 15.4 Å². The fraction of sp³-hybridized carbons (Fsp3) is 0.130. The van der Waals surface area contributed by atoms with Crippen LogP contribution in [-0.4, -0.2) is 11.5 Å². The van der Waals surface area contributed by atoms with Gasteiger partial charge in [0.25, 0.3) is 0 Å². The number of aliphatic imine (C=N–C) groups is 2. The maximum atomic E-state index is 5.10. The van der Waals surface area contributed by atoms with E-state index < -0.39 is 0 Å². The van der Waals surface area contributed by atoms with Gasteiger partial charge in [-0.05, 0) is 63.9 Å². The fourth-order valence-electron chi connectivity index (χ4n) is 6.65. The molecule has 0 N–H and O–H groups in total. The van der Waals surface area contributed by atoms with Crippen LogP contribution >= 0.6 is 0 Å². The third-order valence-electron chi connectivity index (χ3n) is 9.72. The summed E-state index contributed by atoms with van der Waals surface area (Å²) < 4.78 is 0. The van der Waals surface area contributed by atoms with E-state index in [-0.39, 0.29) is 11.3 Å². The summed E-state index contributed by atoms with van der Waals surface area (Å²) >= 11 is 0. The van der Waals surface area contributed by atoms with Crippen molar-refractivity contribution in [2.45, 2.75) is 32.6 Å². The molecule has 5 aromatic rings. The van der Waals surface area contributed by atoms with Crippen LogP contribution in [0.15, 0.2) is 192 Å². The Bertz CT molecular complexity index is 2140. The molecule has 0 aromatic heterocycles. The quantitative estimate of drug-likeness (QED) is 0.128. The van der Waals surface area contributed by atoms with Crippen molar-refractivity contribution in [3.05, 3.63) is 193 Å². The summed E-state index contributed by atoms with van der Waals surface area (Å²) in [6.07, 6.45) is 17.2. The molecule has 2 aliphatic carbocycles. The average molecular weight is 621 g/mol. The van der Waals surface area contributed by atoms with Crippen LogP contribution in [0, 0.1) is 5.41 Å². The molecule has 0 amide bonds. The molecule has 0 fully saturated rings. The van der Waals surface area contributed by atoms with Gasteiger partial charge in [0.15, 0.2) is 5.84 Å². The highest BCUT2D eigenvalue weighted by Gasteiger charge is 2.25. The molecule has 2 aliphatic rings. The van der Waals surface area contributed by atoms with E-state index in [1.165, 1.54) is 38.6 Å². The van der Waals surface area contributed by atoms with E-state index in [2.05, 4.69) is 166 Å². The third-order valence-corrected chi connectivity index (χ3v) is 9.72. The van der Waals surface area contributed by atoms with Crippen molar-refractivity contribution in [1.82, 2.24) is 0 Å². The van der Waals surface area contributed by atoms with Gasteiger partial charge in [-0.3, -0.25) is 0 Å². The highest BCUT2D eigenvalue weighted by molar-refractivity contribution is 6.08. The van der Waals surface area contributed by atoms with Crippen LogP contribution in [0.25, 0.3) is 33.0 Å². The summed E-state index contributed by atoms with van der Waals surface area (Å²) in [7, 11) is 0. The smallest absolute Gasteiger partial charge is 0.159 e. The van der Waals surface area contributed by atoms with E-state index in [4.69, 9.17) is 9.98 Å². The molecule has 2 atom stereocenters. The van der Waals surface area contributed by atoms with Gasteiger partial charge < -0.3 is 0 Å². The van der Waals surface area contributed by atoms with Crippen LogP contribution < -0.4 is 0 Å². The van der Waals surface area contributed by atoms with Gasteiger partial charge in [0.05, 0.1) is 5.70 Å². The minimum atomic E-state index is -0.132. The lowest BCUT2D eigenvalue weighted by Crippen LogP contribution is -2.24. The van der Waals surface area contributed by atoms with Crippen molar-refractivity contribution in [1.29, 1.82) is 0 Å². The van der Waals surface area contributed by atoms with E-state index >= 15 is 0 Å². The predicted octanol–water partition coefficient (Wildman–Crippen LogP) is 12.1. The SMILES string of the molecule is C=C(/N=C(\N=C(/C)C1(C)C=CC=CC1)c1ccccc1)C1=CCC(c2ccc(-c3ccc(-c4ccccc4)cc3)c3ccccc23)C=C1. The molecule has 0 spiro atoms. The fourth-order valence-corrected chi connectivity index (χ4v) is 6.65. The Morgan fingerprint density at radius 2 is 1.38 bits per heavy atom. The van der Waals surface area contributed by atoms with Crippen molar-refractivity contribution in [2.75, 3.05) is 0 Å². The molecule has 0 bridgehead atoms. The number of fused-ring (bicyclic) bond motifs is 1. The van der Waals surface area contributed by atoms with Gasteiger partial charge in [0.2, 0.25) is 0 Å². The summed E-state index contributed by atoms with van der Waals surface area (Å²) in [6, 6.07) is 43.1. The first-order valence-corrected chi connectivity index (χ1v) is 16.8. The Morgan fingerprint density at radius 1 is 0.708 bits per heavy atom. The number of benzene rings is 5. The van der Waals surface area contributed by atoms with Crippen molar-refractivity contribution < 1.29 is 0 Å². The largest absolute Gasteiger partial charge is 0.237 e. The summed E-state index contributed by atoms with van der Waals surface area (Å²) in [5.74, 6) is 0.960. The molecular formula is C46H40N2. The maximum Gasteiger partial charge on any atom is 0.159 e. The Morgan fingerprint density at radius 3 is 2.06 bits per heavy atom. The topological polar surface area (TPSA) is 24.7 Å². The van der Waals surface area contributed by atoms with Crippen LogP contribution in [0.3, 0.4) is 0 Å². The van der Waals surface area contributed by atoms with E-state index in [1.807, 2.05) is 18.2 Å². The van der Waals surface area contributed by atoms with Gasteiger partial charge in [0, 0.05) is 22.6 Å². The Kier molecular flexibility index (Phi) is 8.81. The molecular weight excluding hydrogens is 581 g/mol. The average Bonchev–Trinajstić information content (AvgIpc) is 3.15. The van der Waals surface area contributed by atoms with Crippen LogP contribution in [0.2, 0.25) is 0 Å². The van der Waals surface area contributed by atoms with Crippen molar-refractivity contribution in [3.8, 4) is 22.3 Å². The molecule has 7 rings (SSSR count). The molecule has 48 heavy (non-hydrogen) atoms. The van der Waals surface area contributed by atoms with E-state index in [9.17, 15) is 0 Å². The number of rotatable bonds is 7. The molecule has 0 radical (unpaired) electrons. The highest BCUT2D eigenvalue weighted by Crippen LogP contribution is 2.38. The Labute approximate surface area is 284 Å². The first-order valence-electron chi connectivity index (χ1n) is 16.8. The number of hydrogen-bond donors (Lipinski definition) is 0. The van der Waals surface area contributed by atoms with E-state index in [0.29, 0.717) is 5.84 Å². The minimum Gasteiger partial charge on any atom is -0.237 e. The van der Waals surface area contributed by atoms with E-state index in [0.717, 1.165) is 35.4 Å². The maximum absolute atomic E-state index is 5.10. The van der Waals surface area contributed by atoms with Gasteiger partial charge in [-0.1, -0.05) is 177 Å². The lowest BCUT2D eigenvalue weighted by Gasteiger charge is -2.26. The first-order chi connectivity index (χ1) is 23.5. The number of amidine groups is 1.